The van der Waals surface area contributed by atoms with E-state index in [0.29, 0.717) is 0 Å². The molecule has 0 atom stereocenters. The third-order valence-electron chi connectivity index (χ3n) is 4.76. The van der Waals surface area contributed by atoms with Gasteiger partial charge in [-0.2, -0.15) is 0 Å². The average molecular weight is 549 g/mol. The van der Waals surface area contributed by atoms with Crippen LogP contribution in [0.4, 0.5) is 9.59 Å². The lowest BCUT2D eigenvalue weighted by atomic mass is 10.1. The van der Waals surface area contributed by atoms with Gasteiger partial charge >= 0.3 is 18.2 Å². The highest BCUT2D eigenvalue weighted by molar-refractivity contribution is 6.34. The topological polar surface area (TPSA) is 144 Å². The monoisotopic (exact) mass is 548 g/mol. The van der Waals surface area contributed by atoms with Crippen LogP contribution in [0.3, 0.4) is 0 Å². The van der Waals surface area contributed by atoms with Crippen LogP contribution in [0, 0.1) is 0 Å². The molecule has 4 amide bonds. The summed E-state index contributed by atoms with van der Waals surface area (Å²) in [6.07, 6.45) is -1.77. The second-order valence-electron chi connectivity index (χ2n) is 8.70. The molecule has 0 spiro atoms. The van der Waals surface area contributed by atoms with Crippen LogP contribution in [0.15, 0.2) is 42.5 Å². The van der Waals surface area contributed by atoms with Crippen LogP contribution >= 0.6 is 11.6 Å². The van der Waals surface area contributed by atoms with Gasteiger partial charge in [0.2, 0.25) is 0 Å². The van der Waals surface area contributed by atoms with E-state index in [4.69, 9.17) is 21.1 Å². The molecule has 2 rings (SSSR count). The smallest absolute Gasteiger partial charge is 0.410 e. The van der Waals surface area contributed by atoms with Crippen LogP contribution in [0.5, 0.6) is 11.5 Å². The normalized spacial score (nSPS) is 10.6. The third-order valence-corrected chi connectivity index (χ3v) is 5.07. The number of rotatable bonds is 5. The second kappa shape index (κ2) is 12.8. The molecule has 38 heavy (non-hydrogen) atoms. The quantitative estimate of drug-likeness (QED) is 0.535. The molecule has 2 aromatic carbocycles. The Morgan fingerprint density at radius 3 is 2.11 bits per heavy atom. The van der Waals surface area contributed by atoms with Crippen LogP contribution in [0.1, 0.15) is 55.3 Å². The Labute approximate surface area is 224 Å². The molecular formula is C25H29ClN4O8. The molecule has 0 fully saturated rings. The fourth-order valence-electron chi connectivity index (χ4n) is 3.24. The number of ether oxygens (including phenoxy) is 2. The van der Waals surface area contributed by atoms with Gasteiger partial charge in [0.15, 0.2) is 0 Å². The predicted octanol–water partition coefficient (Wildman–Crippen LogP) is 3.94. The summed E-state index contributed by atoms with van der Waals surface area (Å²) in [6.45, 7) is 8.16. The van der Waals surface area contributed by atoms with E-state index in [0.717, 1.165) is 6.92 Å². The van der Waals surface area contributed by atoms with Crippen molar-refractivity contribution in [2.75, 3.05) is 13.6 Å². The molecular weight excluding hydrogens is 520 g/mol. The number of benzene rings is 2. The van der Waals surface area contributed by atoms with Crippen molar-refractivity contribution in [2.45, 2.75) is 40.2 Å². The number of carbonyl (C=O) groups excluding carboxylic acids is 5. The summed E-state index contributed by atoms with van der Waals surface area (Å²) in [5, 5.41) is 4.81. The Bertz CT molecular complexity index is 1230. The van der Waals surface area contributed by atoms with Gasteiger partial charge in [-0.05, 0) is 58.0 Å². The van der Waals surface area contributed by atoms with E-state index in [2.05, 4.69) is 10.2 Å². The van der Waals surface area contributed by atoms with E-state index in [1.807, 2.05) is 0 Å². The second-order valence-corrected chi connectivity index (χ2v) is 9.11. The average Bonchev–Trinajstić information content (AvgIpc) is 2.84. The summed E-state index contributed by atoms with van der Waals surface area (Å²) in [7, 11) is 1.41. The third kappa shape index (κ3) is 7.84. The molecule has 12 nitrogen and oxygen atoms in total. The minimum Gasteiger partial charge on any atom is -0.410 e. The van der Waals surface area contributed by atoms with Crippen LogP contribution < -0.4 is 20.3 Å². The highest BCUT2D eigenvalue weighted by Crippen LogP contribution is 2.28. The lowest BCUT2D eigenvalue weighted by Crippen LogP contribution is -2.58. The Hall–Kier alpha value is -4.32. The van der Waals surface area contributed by atoms with Gasteiger partial charge in [0.1, 0.15) is 11.5 Å². The van der Waals surface area contributed by atoms with Crippen molar-refractivity contribution in [1.29, 1.82) is 0 Å². The molecule has 2 N–H and O–H groups in total. The molecule has 0 aromatic heterocycles. The molecule has 0 heterocycles. The number of hydrogen-bond donors (Lipinski definition) is 2. The van der Waals surface area contributed by atoms with Crippen molar-refractivity contribution in [2.24, 2.45) is 0 Å². The van der Waals surface area contributed by atoms with Gasteiger partial charge in [-0.3, -0.25) is 14.4 Å². The molecule has 0 radical (unpaired) electrons. The maximum Gasteiger partial charge on any atom is 0.446 e. The Morgan fingerprint density at radius 2 is 1.55 bits per heavy atom. The number of carbonyl (C=O) groups is 5. The SMILES string of the molecule is CCN(C(=O)c1cccc(OC(=O)NC)c1)N(C(=O)c1ccc(OC(=O)NOC(C)=O)cc1Cl)C(C)(C)C. The van der Waals surface area contributed by atoms with Crippen LogP contribution in [0.2, 0.25) is 5.02 Å². The van der Waals surface area contributed by atoms with E-state index in [9.17, 15) is 24.0 Å². The summed E-state index contributed by atoms with van der Waals surface area (Å²) in [5.74, 6) is -1.72. The first-order valence-electron chi connectivity index (χ1n) is 11.4. The number of nitrogens with zero attached hydrogens (tertiary/aromatic N) is 2. The molecule has 0 aliphatic carbocycles. The lowest BCUT2D eigenvalue weighted by Gasteiger charge is -2.43. The summed E-state index contributed by atoms with van der Waals surface area (Å²) in [6, 6.07) is 9.90. The van der Waals surface area contributed by atoms with E-state index in [1.165, 1.54) is 53.5 Å². The first-order chi connectivity index (χ1) is 17.8. The standard InChI is InChI=1S/C25H29ClN4O8/c1-7-29(21(32)16-9-8-10-17(13-16)36-23(34)27-6)30(25(3,4)5)22(33)19-12-11-18(14-20(19)26)37-24(35)28-38-15(2)31/h8-14H,7H2,1-6H3,(H,27,34)(H,28,35). The first kappa shape index (κ1) is 29.9. The van der Waals surface area contributed by atoms with E-state index < -0.39 is 35.5 Å². The highest BCUT2D eigenvalue weighted by Gasteiger charge is 2.36. The summed E-state index contributed by atoms with van der Waals surface area (Å²) >= 11 is 6.35. The summed E-state index contributed by atoms with van der Waals surface area (Å²) < 4.78 is 10.1. The molecule has 0 aliphatic rings. The molecule has 204 valence electrons. The van der Waals surface area contributed by atoms with Crippen LogP contribution in [-0.4, -0.2) is 59.1 Å². The van der Waals surface area contributed by atoms with Crippen molar-refractivity contribution in [3.63, 3.8) is 0 Å². The molecule has 0 saturated carbocycles. The zero-order valence-electron chi connectivity index (χ0n) is 21.8. The molecule has 13 heteroatoms. The summed E-state index contributed by atoms with van der Waals surface area (Å²) in [5.41, 5.74) is 1.14. The Balaban J connectivity index is 2.36. The first-order valence-corrected chi connectivity index (χ1v) is 11.8. The zero-order chi connectivity index (χ0) is 28.6. The van der Waals surface area contributed by atoms with Crippen molar-refractivity contribution < 1.29 is 38.3 Å². The van der Waals surface area contributed by atoms with Gasteiger partial charge in [-0.15, -0.1) is 5.48 Å². The maximum atomic E-state index is 13.7. The van der Waals surface area contributed by atoms with Gasteiger partial charge in [-0.25, -0.2) is 19.6 Å². The van der Waals surface area contributed by atoms with Gasteiger partial charge in [0.05, 0.1) is 16.1 Å². The minimum absolute atomic E-state index is 0.0186. The van der Waals surface area contributed by atoms with Gasteiger partial charge in [0.25, 0.3) is 11.8 Å². The van der Waals surface area contributed by atoms with Crippen molar-refractivity contribution in [3.8, 4) is 11.5 Å². The molecule has 2 aromatic rings. The van der Waals surface area contributed by atoms with Crippen molar-refractivity contribution in [1.82, 2.24) is 20.8 Å². The molecule has 0 aliphatic heterocycles. The van der Waals surface area contributed by atoms with Gasteiger partial charge < -0.3 is 19.6 Å². The van der Waals surface area contributed by atoms with Crippen molar-refractivity contribution >= 4 is 41.6 Å². The van der Waals surface area contributed by atoms with E-state index >= 15 is 0 Å². The van der Waals surface area contributed by atoms with Crippen molar-refractivity contribution in [3.05, 3.63) is 58.6 Å². The number of amides is 4. The molecule has 0 bridgehead atoms. The van der Waals surface area contributed by atoms with Crippen LogP contribution in [0.25, 0.3) is 0 Å². The number of hydroxylamine groups is 1. The Morgan fingerprint density at radius 1 is 0.921 bits per heavy atom. The largest absolute Gasteiger partial charge is 0.446 e. The maximum absolute atomic E-state index is 13.7. The number of halogens is 1. The number of hydrogen-bond acceptors (Lipinski definition) is 8. The fourth-order valence-corrected chi connectivity index (χ4v) is 3.49. The van der Waals surface area contributed by atoms with E-state index in [-0.39, 0.29) is 34.2 Å². The van der Waals surface area contributed by atoms with Crippen LogP contribution in [-0.2, 0) is 9.63 Å². The lowest BCUT2D eigenvalue weighted by molar-refractivity contribution is -0.146. The van der Waals surface area contributed by atoms with Gasteiger partial charge in [0, 0.05) is 32.1 Å². The molecule has 0 saturated heterocycles. The molecule has 0 unspecified atom stereocenters. The Kier molecular flexibility index (Phi) is 10.1. The number of nitrogens with one attached hydrogen (secondary N) is 2. The fraction of sp³-hybridized carbons (Fsp3) is 0.320. The van der Waals surface area contributed by atoms with Gasteiger partial charge in [-0.1, -0.05) is 17.7 Å². The van der Waals surface area contributed by atoms with E-state index in [1.54, 1.807) is 39.2 Å². The minimum atomic E-state index is -1.07. The summed E-state index contributed by atoms with van der Waals surface area (Å²) in [4.78, 5) is 65.7. The highest BCUT2D eigenvalue weighted by atomic mass is 35.5. The predicted molar refractivity (Wildman–Crippen MR) is 137 cm³/mol. The number of hydrazine groups is 1. The zero-order valence-corrected chi connectivity index (χ0v) is 22.5.